The van der Waals surface area contributed by atoms with Crippen LogP contribution in [0.3, 0.4) is 0 Å². The van der Waals surface area contributed by atoms with Gasteiger partial charge in [-0.15, -0.1) is 11.8 Å². The molecule has 1 N–H and O–H groups in total. The van der Waals surface area contributed by atoms with E-state index in [1.54, 1.807) is 0 Å². The lowest BCUT2D eigenvalue weighted by Crippen LogP contribution is -2.32. The lowest BCUT2D eigenvalue weighted by atomic mass is 10.3. The van der Waals surface area contributed by atoms with Crippen molar-refractivity contribution in [2.45, 2.75) is 25.5 Å². The molecule has 0 aliphatic rings. The molecule has 0 rings (SSSR count). The second-order valence-electron chi connectivity index (χ2n) is 3.75. The maximum atomic E-state index is 11.2. The quantitative estimate of drug-likeness (QED) is 0.711. The standard InChI is InChI=1S/C9H17NO3S/c1-9(2,3)14-6-7(11)10-5-8(12)13-4/h5-6H2,1-4H3,(H,10,11). The molecule has 0 saturated carbocycles. The van der Waals surface area contributed by atoms with E-state index in [-0.39, 0.29) is 17.2 Å². The monoisotopic (exact) mass is 219 g/mol. The van der Waals surface area contributed by atoms with Gasteiger partial charge in [0, 0.05) is 4.75 Å². The molecule has 0 spiro atoms. The molecule has 0 saturated heterocycles. The highest BCUT2D eigenvalue weighted by molar-refractivity contribution is 8.01. The van der Waals surface area contributed by atoms with Crippen LogP contribution in [-0.2, 0) is 14.3 Å². The van der Waals surface area contributed by atoms with Crippen LogP contribution in [0.2, 0.25) is 0 Å². The molecule has 4 nitrogen and oxygen atoms in total. The maximum Gasteiger partial charge on any atom is 0.325 e. The smallest absolute Gasteiger partial charge is 0.325 e. The Balaban J connectivity index is 3.62. The van der Waals surface area contributed by atoms with Crippen molar-refractivity contribution in [3.63, 3.8) is 0 Å². The van der Waals surface area contributed by atoms with Crippen LogP contribution in [0.15, 0.2) is 0 Å². The van der Waals surface area contributed by atoms with Gasteiger partial charge >= 0.3 is 5.97 Å². The number of amides is 1. The summed E-state index contributed by atoms with van der Waals surface area (Å²) in [6, 6.07) is 0. The van der Waals surface area contributed by atoms with Gasteiger partial charge in [0.2, 0.25) is 5.91 Å². The molecule has 14 heavy (non-hydrogen) atoms. The predicted octanol–water partition coefficient (Wildman–Crippen LogP) is 0.807. The molecule has 0 radical (unpaired) electrons. The van der Waals surface area contributed by atoms with Gasteiger partial charge in [0.05, 0.1) is 12.9 Å². The van der Waals surface area contributed by atoms with Crippen LogP contribution in [0, 0.1) is 0 Å². The number of methoxy groups -OCH3 is 1. The lowest BCUT2D eigenvalue weighted by molar-refractivity contribution is -0.140. The van der Waals surface area contributed by atoms with Gasteiger partial charge in [-0.25, -0.2) is 0 Å². The minimum absolute atomic E-state index is 0.0555. The Morgan fingerprint density at radius 3 is 2.36 bits per heavy atom. The third-order valence-corrected chi connectivity index (χ3v) is 2.57. The highest BCUT2D eigenvalue weighted by atomic mass is 32.2. The number of hydrogen-bond acceptors (Lipinski definition) is 4. The summed E-state index contributed by atoms with van der Waals surface area (Å²) in [7, 11) is 1.29. The van der Waals surface area contributed by atoms with Crippen molar-refractivity contribution in [2.24, 2.45) is 0 Å². The number of hydrogen-bond donors (Lipinski definition) is 1. The average Bonchev–Trinajstić information content (AvgIpc) is 2.09. The van der Waals surface area contributed by atoms with Crippen LogP contribution >= 0.6 is 11.8 Å². The van der Waals surface area contributed by atoms with E-state index >= 15 is 0 Å². The fourth-order valence-electron chi connectivity index (χ4n) is 0.576. The second kappa shape index (κ2) is 5.90. The number of carbonyl (C=O) groups is 2. The molecule has 1 amide bonds. The summed E-state index contributed by atoms with van der Waals surface area (Å²) in [6.45, 7) is 6.04. The summed E-state index contributed by atoms with van der Waals surface area (Å²) in [4.78, 5) is 21.8. The summed E-state index contributed by atoms with van der Waals surface area (Å²) in [6.07, 6.45) is 0. The highest BCUT2D eigenvalue weighted by Gasteiger charge is 2.13. The van der Waals surface area contributed by atoms with Crippen molar-refractivity contribution in [3.05, 3.63) is 0 Å². The summed E-state index contributed by atoms with van der Waals surface area (Å²) in [5, 5.41) is 2.47. The van der Waals surface area contributed by atoms with E-state index in [0.717, 1.165) is 0 Å². The van der Waals surface area contributed by atoms with E-state index in [1.807, 2.05) is 20.8 Å². The van der Waals surface area contributed by atoms with Crippen LogP contribution in [-0.4, -0.2) is 36.0 Å². The first-order chi connectivity index (χ1) is 6.35. The molecule has 0 unspecified atom stereocenters. The molecule has 0 bridgehead atoms. The van der Waals surface area contributed by atoms with Gasteiger partial charge < -0.3 is 10.1 Å². The zero-order valence-electron chi connectivity index (χ0n) is 9.05. The fourth-order valence-corrected chi connectivity index (χ4v) is 1.24. The Morgan fingerprint density at radius 2 is 1.93 bits per heavy atom. The van der Waals surface area contributed by atoms with Crippen molar-refractivity contribution < 1.29 is 14.3 Å². The molecule has 0 heterocycles. The zero-order valence-corrected chi connectivity index (χ0v) is 9.86. The van der Waals surface area contributed by atoms with Crippen LogP contribution in [0.25, 0.3) is 0 Å². The van der Waals surface area contributed by atoms with Gasteiger partial charge in [0.1, 0.15) is 6.54 Å². The number of esters is 1. The van der Waals surface area contributed by atoms with E-state index in [4.69, 9.17) is 0 Å². The van der Waals surface area contributed by atoms with Crippen LogP contribution < -0.4 is 5.32 Å². The molecule has 0 aromatic rings. The SMILES string of the molecule is COC(=O)CNC(=O)CSC(C)(C)C. The number of thioether (sulfide) groups is 1. The average molecular weight is 219 g/mol. The van der Waals surface area contributed by atoms with Crippen molar-refractivity contribution in [1.29, 1.82) is 0 Å². The first-order valence-electron chi connectivity index (χ1n) is 4.32. The Hall–Kier alpha value is -0.710. The topological polar surface area (TPSA) is 55.4 Å². The molecule has 5 heteroatoms. The molecule has 0 aliphatic heterocycles. The van der Waals surface area contributed by atoms with E-state index < -0.39 is 5.97 Å². The lowest BCUT2D eigenvalue weighted by Gasteiger charge is -2.16. The minimum Gasteiger partial charge on any atom is -0.468 e. The minimum atomic E-state index is -0.431. The molecule has 0 aromatic heterocycles. The Labute approximate surface area is 88.8 Å². The third-order valence-electron chi connectivity index (χ3n) is 1.29. The summed E-state index contributed by atoms with van der Waals surface area (Å²) in [5.41, 5.74) is 0. The van der Waals surface area contributed by atoms with Gasteiger partial charge in [-0.2, -0.15) is 0 Å². The molecule has 0 aliphatic carbocycles. The number of rotatable bonds is 4. The largest absolute Gasteiger partial charge is 0.468 e. The predicted molar refractivity (Wildman–Crippen MR) is 57.2 cm³/mol. The third kappa shape index (κ3) is 7.91. The van der Waals surface area contributed by atoms with Crippen molar-refractivity contribution in [3.8, 4) is 0 Å². The van der Waals surface area contributed by atoms with Crippen LogP contribution in [0.1, 0.15) is 20.8 Å². The first-order valence-corrected chi connectivity index (χ1v) is 5.31. The zero-order chi connectivity index (χ0) is 11.2. The van der Waals surface area contributed by atoms with Gasteiger partial charge in [-0.3, -0.25) is 9.59 Å². The molecular formula is C9H17NO3S. The number of carbonyl (C=O) groups excluding carboxylic acids is 2. The molecule has 0 aromatic carbocycles. The molecular weight excluding hydrogens is 202 g/mol. The maximum absolute atomic E-state index is 11.2. The Kier molecular flexibility index (Phi) is 5.60. The van der Waals surface area contributed by atoms with Crippen molar-refractivity contribution in [2.75, 3.05) is 19.4 Å². The molecule has 82 valence electrons. The van der Waals surface area contributed by atoms with Gasteiger partial charge in [-0.05, 0) is 0 Å². The van der Waals surface area contributed by atoms with Crippen LogP contribution in [0.4, 0.5) is 0 Å². The van der Waals surface area contributed by atoms with Gasteiger partial charge in [0.15, 0.2) is 0 Å². The van der Waals surface area contributed by atoms with E-state index in [9.17, 15) is 9.59 Å². The molecule has 0 fully saturated rings. The summed E-state index contributed by atoms with van der Waals surface area (Å²) >= 11 is 1.54. The van der Waals surface area contributed by atoms with E-state index in [1.165, 1.54) is 18.9 Å². The summed E-state index contributed by atoms with van der Waals surface area (Å²) < 4.78 is 4.44. The van der Waals surface area contributed by atoms with Crippen molar-refractivity contribution in [1.82, 2.24) is 5.32 Å². The van der Waals surface area contributed by atoms with Crippen LogP contribution in [0.5, 0.6) is 0 Å². The number of nitrogens with one attached hydrogen (secondary N) is 1. The van der Waals surface area contributed by atoms with Crippen molar-refractivity contribution >= 4 is 23.6 Å². The van der Waals surface area contributed by atoms with E-state index in [2.05, 4.69) is 10.1 Å². The second-order valence-corrected chi connectivity index (χ2v) is 5.56. The normalized spacial score (nSPS) is 10.9. The number of ether oxygens (including phenoxy) is 1. The molecule has 0 atom stereocenters. The first kappa shape index (κ1) is 13.3. The Morgan fingerprint density at radius 1 is 1.36 bits per heavy atom. The van der Waals surface area contributed by atoms with Gasteiger partial charge in [0.25, 0.3) is 0 Å². The fraction of sp³-hybridized carbons (Fsp3) is 0.778. The highest BCUT2D eigenvalue weighted by Crippen LogP contribution is 2.22. The summed E-state index contributed by atoms with van der Waals surface area (Å²) in [5.74, 6) is -0.213. The Bertz CT molecular complexity index is 211. The van der Waals surface area contributed by atoms with E-state index in [0.29, 0.717) is 5.75 Å². The van der Waals surface area contributed by atoms with Gasteiger partial charge in [-0.1, -0.05) is 20.8 Å².